The molecular weight excluding hydrogens is 441 g/mol. The van der Waals surface area contributed by atoms with E-state index in [1.54, 1.807) is 37.4 Å². The lowest BCUT2D eigenvalue weighted by Gasteiger charge is -2.13. The van der Waals surface area contributed by atoms with Crippen LogP contribution in [0.4, 0.5) is 13.2 Å². The number of methoxy groups -OCH3 is 1. The zero-order valence-electron chi connectivity index (χ0n) is 17.6. The molecule has 32 heavy (non-hydrogen) atoms. The third-order valence-electron chi connectivity index (χ3n) is 4.60. The highest BCUT2D eigenvalue weighted by Crippen LogP contribution is 2.33. The lowest BCUT2D eigenvalue weighted by atomic mass is 10.1. The second kappa shape index (κ2) is 10.5. The van der Waals surface area contributed by atoms with Crippen molar-refractivity contribution in [1.29, 1.82) is 0 Å². The molecule has 0 saturated carbocycles. The number of nitrogens with one attached hydrogen (secondary N) is 1. The molecule has 3 aromatic rings. The van der Waals surface area contributed by atoms with E-state index < -0.39 is 11.7 Å². The molecule has 3 rings (SSSR count). The molecule has 0 aliphatic rings. The molecule has 10 heteroatoms. The lowest BCUT2D eigenvalue weighted by Crippen LogP contribution is -2.26. The SMILES string of the molecule is CCCCNC(=O)CSc1nnc(-c2ccc(OC)cc2)n1-c1cccc(C(F)(F)F)c1. The number of hydrogen-bond acceptors (Lipinski definition) is 5. The molecule has 1 heterocycles. The highest BCUT2D eigenvalue weighted by molar-refractivity contribution is 7.99. The van der Waals surface area contributed by atoms with Crippen molar-refractivity contribution in [2.45, 2.75) is 31.1 Å². The molecule has 0 aliphatic heterocycles. The second-order valence-corrected chi connectivity index (χ2v) is 7.85. The lowest BCUT2D eigenvalue weighted by molar-refractivity contribution is -0.137. The van der Waals surface area contributed by atoms with Crippen LogP contribution < -0.4 is 10.1 Å². The van der Waals surface area contributed by atoms with Gasteiger partial charge in [0, 0.05) is 12.1 Å². The molecule has 1 aromatic heterocycles. The van der Waals surface area contributed by atoms with E-state index in [9.17, 15) is 18.0 Å². The van der Waals surface area contributed by atoms with Gasteiger partial charge >= 0.3 is 6.18 Å². The summed E-state index contributed by atoms with van der Waals surface area (Å²) >= 11 is 1.12. The zero-order valence-corrected chi connectivity index (χ0v) is 18.5. The van der Waals surface area contributed by atoms with Gasteiger partial charge in [-0.1, -0.05) is 31.2 Å². The Kier molecular flexibility index (Phi) is 7.79. The third-order valence-corrected chi connectivity index (χ3v) is 5.53. The van der Waals surface area contributed by atoms with Gasteiger partial charge in [0.15, 0.2) is 11.0 Å². The van der Waals surface area contributed by atoms with Gasteiger partial charge in [0.05, 0.1) is 24.1 Å². The minimum absolute atomic E-state index is 0.0728. The van der Waals surface area contributed by atoms with E-state index in [0.29, 0.717) is 28.8 Å². The van der Waals surface area contributed by atoms with Crippen molar-refractivity contribution in [2.75, 3.05) is 19.4 Å². The Morgan fingerprint density at radius 3 is 2.56 bits per heavy atom. The van der Waals surface area contributed by atoms with Crippen molar-refractivity contribution in [1.82, 2.24) is 20.1 Å². The number of nitrogens with zero attached hydrogens (tertiary/aromatic N) is 3. The maximum Gasteiger partial charge on any atom is 0.416 e. The van der Waals surface area contributed by atoms with Crippen molar-refractivity contribution in [3.63, 3.8) is 0 Å². The second-order valence-electron chi connectivity index (χ2n) is 6.91. The van der Waals surface area contributed by atoms with E-state index in [4.69, 9.17) is 4.74 Å². The molecule has 0 saturated heterocycles. The van der Waals surface area contributed by atoms with E-state index >= 15 is 0 Å². The molecule has 0 aliphatic carbocycles. The van der Waals surface area contributed by atoms with Crippen LogP contribution in [0.25, 0.3) is 17.1 Å². The molecule has 6 nitrogen and oxygen atoms in total. The predicted molar refractivity (Wildman–Crippen MR) is 117 cm³/mol. The molecule has 1 N–H and O–H groups in total. The number of thioether (sulfide) groups is 1. The number of aromatic nitrogens is 3. The average molecular weight is 465 g/mol. The van der Waals surface area contributed by atoms with Gasteiger partial charge < -0.3 is 10.1 Å². The summed E-state index contributed by atoms with van der Waals surface area (Å²) in [6.45, 7) is 2.60. The van der Waals surface area contributed by atoms with Crippen LogP contribution in [0.1, 0.15) is 25.3 Å². The predicted octanol–water partition coefficient (Wildman–Crippen LogP) is 4.97. The summed E-state index contributed by atoms with van der Waals surface area (Å²) in [6, 6.07) is 11.9. The van der Waals surface area contributed by atoms with E-state index in [1.807, 2.05) is 6.92 Å². The summed E-state index contributed by atoms with van der Waals surface area (Å²) in [5, 5.41) is 11.5. The van der Waals surface area contributed by atoms with Crippen molar-refractivity contribution < 1.29 is 22.7 Å². The topological polar surface area (TPSA) is 69.0 Å². The first-order valence-corrected chi connectivity index (χ1v) is 11.0. The zero-order chi connectivity index (χ0) is 23.1. The number of alkyl halides is 3. The summed E-state index contributed by atoms with van der Waals surface area (Å²) in [4.78, 5) is 12.1. The fourth-order valence-electron chi connectivity index (χ4n) is 2.93. The molecule has 1 amide bonds. The number of amides is 1. The molecule has 170 valence electrons. The summed E-state index contributed by atoms with van der Waals surface area (Å²) in [5.41, 5.74) is 0.122. The smallest absolute Gasteiger partial charge is 0.416 e. The Bertz CT molecular complexity index is 1050. The number of unbranched alkanes of at least 4 members (excludes halogenated alkanes) is 1. The summed E-state index contributed by atoms with van der Waals surface area (Å²) in [6.07, 6.45) is -2.66. The van der Waals surface area contributed by atoms with Crippen molar-refractivity contribution in [3.05, 3.63) is 54.1 Å². The Morgan fingerprint density at radius 2 is 1.91 bits per heavy atom. The van der Waals surface area contributed by atoms with Gasteiger partial charge in [-0.15, -0.1) is 10.2 Å². The van der Waals surface area contributed by atoms with E-state index in [2.05, 4.69) is 15.5 Å². The molecule has 0 fully saturated rings. The summed E-state index contributed by atoms with van der Waals surface area (Å²) in [5.74, 6) is 0.898. The highest BCUT2D eigenvalue weighted by atomic mass is 32.2. The van der Waals surface area contributed by atoms with E-state index in [0.717, 1.165) is 36.7 Å². The molecule has 0 bridgehead atoms. The maximum absolute atomic E-state index is 13.3. The van der Waals surface area contributed by atoms with Gasteiger partial charge in [-0.05, 0) is 48.9 Å². The third kappa shape index (κ3) is 5.82. The Labute approximate surface area is 188 Å². The van der Waals surface area contributed by atoms with Crippen LogP contribution in [0.5, 0.6) is 5.75 Å². The summed E-state index contributed by atoms with van der Waals surface area (Å²) < 4.78 is 46.6. The fraction of sp³-hybridized carbons (Fsp3) is 0.318. The minimum Gasteiger partial charge on any atom is -0.497 e. The fourth-order valence-corrected chi connectivity index (χ4v) is 3.71. The first kappa shape index (κ1) is 23.6. The van der Waals surface area contributed by atoms with Crippen LogP contribution in [0.2, 0.25) is 0 Å². The van der Waals surface area contributed by atoms with Crippen LogP contribution in [-0.2, 0) is 11.0 Å². The van der Waals surface area contributed by atoms with E-state index in [-0.39, 0.29) is 17.3 Å². The normalized spacial score (nSPS) is 11.4. The van der Waals surface area contributed by atoms with Gasteiger partial charge in [-0.2, -0.15) is 13.2 Å². The van der Waals surface area contributed by atoms with Gasteiger partial charge in [0.2, 0.25) is 5.91 Å². The molecule has 2 aromatic carbocycles. The van der Waals surface area contributed by atoms with Crippen LogP contribution in [0, 0.1) is 0 Å². The first-order valence-electron chi connectivity index (χ1n) is 10.0. The van der Waals surface area contributed by atoms with Crippen molar-refractivity contribution in [2.24, 2.45) is 0 Å². The van der Waals surface area contributed by atoms with Crippen LogP contribution >= 0.6 is 11.8 Å². The van der Waals surface area contributed by atoms with Crippen LogP contribution in [0.3, 0.4) is 0 Å². The Hall–Kier alpha value is -3.01. The maximum atomic E-state index is 13.3. The molecule has 0 unspecified atom stereocenters. The monoisotopic (exact) mass is 464 g/mol. The number of rotatable bonds is 9. The number of hydrogen-bond donors (Lipinski definition) is 1. The quantitative estimate of drug-likeness (QED) is 0.358. The largest absolute Gasteiger partial charge is 0.497 e. The Balaban J connectivity index is 1.97. The average Bonchev–Trinajstić information content (AvgIpc) is 3.21. The minimum atomic E-state index is -4.49. The molecular formula is C22H23F3N4O2S. The number of benzene rings is 2. The van der Waals surface area contributed by atoms with Gasteiger partial charge in [0.1, 0.15) is 5.75 Å². The van der Waals surface area contributed by atoms with Gasteiger partial charge in [-0.3, -0.25) is 9.36 Å². The molecule has 0 radical (unpaired) electrons. The molecule has 0 atom stereocenters. The van der Waals surface area contributed by atoms with E-state index in [1.165, 1.54) is 10.6 Å². The molecule has 0 spiro atoms. The van der Waals surface area contributed by atoms with Crippen LogP contribution in [0.15, 0.2) is 53.7 Å². The Morgan fingerprint density at radius 1 is 1.16 bits per heavy atom. The van der Waals surface area contributed by atoms with Crippen LogP contribution in [-0.4, -0.2) is 40.1 Å². The van der Waals surface area contributed by atoms with Gasteiger partial charge in [-0.25, -0.2) is 0 Å². The van der Waals surface area contributed by atoms with Crippen molar-refractivity contribution >= 4 is 17.7 Å². The standard InChI is InChI=1S/C22H23F3N4O2S/c1-3-4-12-26-19(30)14-32-21-28-27-20(15-8-10-18(31-2)11-9-15)29(21)17-7-5-6-16(13-17)22(23,24)25/h5-11,13H,3-4,12,14H2,1-2H3,(H,26,30). The number of halogens is 3. The van der Waals surface area contributed by atoms with Crippen molar-refractivity contribution in [3.8, 4) is 22.8 Å². The number of ether oxygens (including phenoxy) is 1. The number of carbonyl (C=O) groups is 1. The highest BCUT2D eigenvalue weighted by Gasteiger charge is 2.31. The van der Waals surface area contributed by atoms with Gasteiger partial charge in [0.25, 0.3) is 0 Å². The first-order chi connectivity index (χ1) is 15.3. The number of carbonyl (C=O) groups excluding carboxylic acids is 1. The summed E-state index contributed by atoms with van der Waals surface area (Å²) in [7, 11) is 1.54.